The number of rotatable bonds is 2. The van der Waals surface area contributed by atoms with Crippen molar-refractivity contribution < 1.29 is 0 Å². The molecule has 0 aliphatic rings. The van der Waals surface area contributed by atoms with Gasteiger partial charge in [0.05, 0.1) is 5.69 Å². The SMILES string of the molecule is Cc1nn(C)c(-n2cnc(C#N)c2C#N)c1CN. The molecular formula is C11H11N7. The monoisotopic (exact) mass is 241 g/mol. The molecular weight excluding hydrogens is 230 g/mol. The summed E-state index contributed by atoms with van der Waals surface area (Å²) in [5.74, 6) is 0.667. The first-order chi connectivity index (χ1) is 8.63. The number of aryl methyl sites for hydroxylation is 2. The minimum Gasteiger partial charge on any atom is -0.326 e. The molecule has 0 radical (unpaired) electrons. The van der Waals surface area contributed by atoms with Crippen LogP contribution < -0.4 is 5.73 Å². The lowest BCUT2D eigenvalue weighted by atomic mass is 10.2. The number of hydrogen-bond acceptors (Lipinski definition) is 5. The molecule has 2 aromatic rings. The van der Waals surface area contributed by atoms with Gasteiger partial charge in [-0.3, -0.25) is 9.25 Å². The first-order valence-electron chi connectivity index (χ1n) is 5.24. The van der Waals surface area contributed by atoms with E-state index in [0.29, 0.717) is 12.4 Å². The van der Waals surface area contributed by atoms with Crippen molar-refractivity contribution in [3.05, 3.63) is 29.0 Å². The molecule has 0 bridgehead atoms. The summed E-state index contributed by atoms with van der Waals surface area (Å²) in [5.41, 5.74) is 7.61. The van der Waals surface area contributed by atoms with Crippen LogP contribution in [0.3, 0.4) is 0 Å². The van der Waals surface area contributed by atoms with E-state index in [-0.39, 0.29) is 11.4 Å². The van der Waals surface area contributed by atoms with Crippen molar-refractivity contribution in [3.8, 4) is 18.0 Å². The van der Waals surface area contributed by atoms with Gasteiger partial charge in [-0.05, 0) is 6.92 Å². The second-order valence-corrected chi connectivity index (χ2v) is 3.75. The molecule has 7 heteroatoms. The van der Waals surface area contributed by atoms with E-state index in [4.69, 9.17) is 16.3 Å². The highest BCUT2D eigenvalue weighted by molar-refractivity contribution is 5.46. The zero-order chi connectivity index (χ0) is 13.3. The Bertz CT molecular complexity index is 678. The molecule has 2 N–H and O–H groups in total. The lowest BCUT2D eigenvalue weighted by Crippen LogP contribution is -2.08. The van der Waals surface area contributed by atoms with Crippen LogP contribution in [0.25, 0.3) is 5.82 Å². The van der Waals surface area contributed by atoms with Crippen LogP contribution in [0.15, 0.2) is 6.33 Å². The van der Waals surface area contributed by atoms with Crippen LogP contribution in [0, 0.1) is 29.6 Å². The van der Waals surface area contributed by atoms with E-state index in [0.717, 1.165) is 11.3 Å². The van der Waals surface area contributed by atoms with Gasteiger partial charge in [-0.25, -0.2) is 4.98 Å². The molecule has 18 heavy (non-hydrogen) atoms. The van der Waals surface area contributed by atoms with Crippen LogP contribution in [0.2, 0.25) is 0 Å². The Balaban J connectivity index is 2.75. The number of nitrogens with zero attached hydrogens (tertiary/aromatic N) is 6. The molecule has 0 unspecified atom stereocenters. The van der Waals surface area contributed by atoms with Gasteiger partial charge in [0, 0.05) is 19.2 Å². The van der Waals surface area contributed by atoms with Gasteiger partial charge in [0.25, 0.3) is 0 Å². The van der Waals surface area contributed by atoms with E-state index in [1.807, 2.05) is 19.1 Å². The molecule has 0 fully saturated rings. The number of nitrogens with two attached hydrogens (primary N) is 1. The second-order valence-electron chi connectivity index (χ2n) is 3.75. The van der Waals surface area contributed by atoms with Gasteiger partial charge < -0.3 is 5.73 Å². The summed E-state index contributed by atoms with van der Waals surface area (Å²) in [6.45, 7) is 2.15. The minimum absolute atomic E-state index is 0.0966. The van der Waals surface area contributed by atoms with Crippen molar-refractivity contribution in [2.75, 3.05) is 0 Å². The topological polar surface area (TPSA) is 109 Å². The van der Waals surface area contributed by atoms with Gasteiger partial charge in [0.15, 0.2) is 11.4 Å². The van der Waals surface area contributed by atoms with E-state index < -0.39 is 0 Å². The zero-order valence-electron chi connectivity index (χ0n) is 10.0. The standard InChI is InChI=1S/C11H11N7/c1-7-8(3-12)11(17(2)16-7)18-6-15-9(4-13)10(18)5-14/h6H,3,12H2,1-2H3. The Hall–Kier alpha value is -2.64. The first-order valence-corrected chi connectivity index (χ1v) is 5.24. The maximum absolute atomic E-state index is 9.12. The van der Waals surface area contributed by atoms with E-state index >= 15 is 0 Å². The van der Waals surface area contributed by atoms with Gasteiger partial charge in [0.2, 0.25) is 0 Å². The average Bonchev–Trinajstić information content (AvgIpc) is 2.88. The molecule has 0 aromatic carbocycles. The van der Waals surface area contributed by atoms with E-state index in [1.54, 1.807) is 16.3 Å². The van der Waals surface area contributed by atoms with E-state index in [2.05, 4.69) is 10.1 Å². The van der Waals surface area contributed by atoms with Gasteiger partial charge >= 0.3 is 0 Å². The zero-order valence-corrected chi connectivity index (χ0v) is 10.0. The lowest BCUT2D eigenvalue weighted by molar-refractivity contribution is 0.718. The Labute approximate surface area is 104 Å². The Kier molecular flexibility index (Phi) is 2.84. The fraction of sp³-hybridized carbons (Fsp3) is 0.273. The molecule has 0 spiro atoms. The van der Waals surface area contributed by atoms with Crippen LogP contribution in [0.5, 0.6) is 0 Å². The summed E-state index contributed by atoms with van der Waals surface area (Å²) in [6.07, 6.45) is 1.44. The normalized spacial score (nSPS) is 10.1. The van der Waals surface area contributed by atoms with Gasteiger partial charge in [-0.2, -0.15) is 15.6 Å². The molecule has 0 amide bonds. The lowest BCUT2D eigenvalue weighted by Gasteiger charge is -2.06. The third kappa shape index (κ3) is 1.54. The van der Waals surface area contributed by atoms with E-state index in [9.17, 15) is 0 Å². The number of imidazole rings is 1. The summed E-state index contributed by atoms with van der Waals surface area (Å²) in [6, 6.07) is 3.86. The van der Waals surface area contributed by atoms with Crippen LogP contribution in [0.1, 0.15) is 22.6 Å². The van der Waals surface area contributed by atoms with Crippen molar-refractivity contribution in [1.29, 1.82) is 10.5 Å². The highest BCUT2D eigenvalue weighted by Crippen LogP contribution is 2.20. The molecule has 0 saturated heterocycles. The minimum atomic E-state index is 0.0966. The predicted octanol–water partition coefficient (Wildman–Crippen LogP) is 0.116. The van der Waals surface area contributed by atoms with Crippen LogP contribution in [-0.4, -0.2) is 19.3 Å². The molecule has 0 aliphatic carbocycles. The molecule has 2 rings (SSSR count). The van der Waals surface area contributed by atoms with Crippen LogP contribution >= 0.6 is 0 Å². The van der Waals surface area contributed by atoms with Gasteiger partial charge in [-0.1, -0.05) is 0 Å². The van der Waals surface area contributed by atoms with Crippen LogP contribution in [-0.2, 0) is 13.6 Å². The molecule has 2 heterocycles. The highest BCUT2D eigenvalue weighted by atomic mass is 15.3. The third-order valence-corrected chi connectivity index (χ3v) is 2.72. The van der Waals surface area contributed by atoms with Crippen molar-refractivity contribution in [2.45, 2.75) is 13.5 Å². The number of aromatic nitrogens is 4. The molecule has 7 nitrogen and oxygen atoms in total. The second kappa shape index (κ2) is 4.32. The molecule has 0 atom stereocenters. The quantitative estimate of drug-likeness (QED) is 0.802. The largest absolute Gasteiger partial charge is 0.326 e. The predicted molar refractivity (Wildman–Crippen MR) is 62.4 cm³/mol. The van der Waals surface area contributed by atoms with Gasteiger partial charge in [0.1, 0.15) is 24.3 Å². The van der Waals surface area contributed by atoms with Gasteiger partial charge in [-0.15, -0.1) is 0 Å². The summed E-state index contributed by atoms with van der Waals surface area (Å²) in [7, 11) is 1.76. The fourth-order valence-electron chi connectivity index (χ4n) is 1.93. The molecule has 90 valence electrons. The fourth-order valence-corrected chi connectivity index (χ4v) is 1.93. The highest BCUT2D eigenvalue weighted by Gasteiger charge is 2.19. The van der Waals surface area contributed by atoms with Crippen molar-refractivity contribution in [2.24, 2.45) is 12.8 Å². The molecule has 2 aromatic heterocycles. The Morgan fingerprint density at radius 1 is 1.39 bits per heavy atom. The van der Waals surface area contributed by atoms with E-state index in [1.165, 1.54) is 6.33 Å². The number of nitriles is 2. The average molecular weight is 241 g/mol. The maximum atomic E-state index is 9.12. The van der Waals surface area contributed by atoms with Crippen LogP contribution in [0.4, 0.5) is 0 Å². The van der Waals surface area contributed by atoms with Crippen molar-refractivity contribution in [3.63, 3.8) is 0 Å². The summed E-state index contributed by atoms with van der Waals surface area (Å²) in [4.78, 5) is 3.91. The van der Waals surface area contributed by atoms with Crippen molar-refractivity contribution >= 4 is 0 Å². The Morgan fingerprint density at radius 2 is 2.11 bits per heavy atom. The summed E-state index contributed by atoms with van der Waals surface area (Å²) >= 11 is 0. The molecule has 0 aliphatic heterocycles. The summed E-state index contributed by atoms with van der Waals surface area (Å²) < 4.78 is 3.17. The first kappa shape index (κ1) is 11.8. The van der Waals surface area contributed by atoms with Crippen molar-refractivity contribution in [1.82, 2.24) is 19.3 Å². The molecule has 0 saturated carbocycles. The summed E-state index contributed by atoms with van der Waals surface area (Å²) in [5, 5.41) is 22.3. The smallest absolute Gasteiger partial charge is 0.177 e. The maximum Gasteiger partial charge on any atom is 0.177 e. The third-order valence-electron chi connectivity index (χ3n) is 2.72. The number of hydrogen-bond donors (Lipinski definition) is 1. The Morgan fingerprint density at radius 3 is 2.67 bits per heavy atom.